The molecule has 5 heteroatoms. The van der Waals surface area contributed by atoms with Gasteiger partial charge in [-0.1, -0.05) is 31.5 Å². The minimum atomic E-state index is -0.994. The quantitative estimate of drug-likeness (QED) is 0.752. The van der Waals surface area contributed by atoms with Crippen LogP contribution in [-0.2, 0) is 6.54 Å². The van der Waals surface area contributed by atoms with Crippen molar-refractivity contribution >= 4 is 16.9 Å². The number of carboxylic acid groups (broad SMARTS) is 1. The van der Waals surface area contributed by atoms with E-state index in [4.69, 9.17) is 0 Å². The van der Waals surface area contributed by atoms with Crippen molar-refractivity contribution in [3.8, 4) is 11.3 Å². The van der Waals surface area contributed by atoms with E-state index < -0.39 is 5.97 Å². The number of aromatic amines is 1. The normalized spacial score (nSPS) is 11.1. The second-order valence-electron chi connectivity index (χ2n) is 5.04. The molecule has 0 aliphatic heterocycles. The molecule has 0 unspecified atom stereocenters. The summed E-state index contributed by atoms with van der Waals surface area (Å²) in [7, 11) is 0. The molecule has 0 fully saturated rings. The monoisotopic (exact) mass is 283 g/mol. The van der Waals surface area contributed by atoms with Crippen LogP contribution in [0.1, 0.15) is 30.3 Å². The number of carbonyl (C=O) groups is 1. The number of nitrogens with one attached hydrogen (secondary N) is 1. The number of benzene rings is 1. The van der Waals surface area contributed by atoms with Crippen molar-refractivity contribution in [2.75, 3.05) is 0 Å². The molecule has 5 nitrogen and oxygen atoms in total. The minimum absolute atomic E-state index is 0.0892. The zero-order valence-corrected chi connectivity index (χ0v) is 11.8. The van der Waals surface area contributed by atoms with Gasteiger partial charge in [0.25, 0.3) is 0 Å². The average molecular weight is 283 g/mol. The van der Waals surface area contributed by atoms with Gasteiger partial charge < -0.3 is 10.1 Å². The maximum Gasteiger partial charge on any atom is 0.356 e. The first-order chi connectivity index (χ1) is 10.2. The fourth-order valence-electron chi connectivity index (χ4n) is 2.50. The lowest BCUT2D eigenvalue weighted by Gasteiger charge is -2.05. The third-order valence-electron chi connectivity index (χ3n) is 3.59. The van der Waals surface area contributed by atoms with Crippen molar-refractivity contribution in [2.45, 2.75) is 26.3 Å². The van der Waals surface area contributed by atoms with E-state index in [0.29, 0.717) is 0 Å². The Morgan fingerprint density at radius 2 is 2.19 bits per heavy atom. The Morgan fingerprint density at radius 1 is 1.38 bits per heavy atom. The van der Waals surface area contributed by atoms with Gasteiger partial charge in [0.15, 0.2) is 5.69 Å². The molecule has 0 spiro atoms. The number of H-pyrrole nitrogens is 1. The summed E-state index contributed by atoms with van der Waals surface area (Å²) < 4.78 is 1.79. The van der Waals surface area contributed by atoms with Gasteiger partial charge in [0.1, 0.15) is 0 Å². The van der Waals surface area contributed by atoms with Crippen LogP contribution in [0.3, 0.4) is 0 Å². The van der Waals surface area contributed by atoms with Crippen LogP contribution in [0.4, 0.5) is 0 Å². The topological polar surface area (TPSA) is 70.9 Å². The zero-order valence-electron chi connectivity index (χ0n) is 11.8. The van der Waals surface area contributed by atoms with Gasteiger partial charge in [0, 0.05) is 29.2 Å². The smallest absolute Gasteiger partial charge is 0.356 e. The number of aromatic nitrogens is 3. The summed E-state index contributed by atoms with van der Waals surface area (Å²) in [5, 5.41) is 14.5. The number of aryl methyl sites for hydroxylation is 1. The van der Waals surface area contributed by atoms with Crippen LogP contribution in [0.25, 0.3) is 22.2 Å². The predicted molar refractivity (Wildman–Crippen MR) is 81.4 cm³/mol. The van der Waals surface area contributed by atoms with Crippen LogP contribution in [0.5, 0.6) is 0 Å². The SMILES string of the molecule is CCCCn1nc(C(=O)O)cc1-c1c[nH]c2ccccc12. The van der Waals surface area contributed by atoms with Crippen molar-refractivity contribution in [3.63, 3.8) is 0 Å². The van der Waals surface area contributed by atoms with E-state index in [2.05, 4.69) is 17.0 Å². The van der Waals surface area contributed by atoms with Crippen molar-refractivity contribution in [2.24, 2.45) is 0 Å². The van der Waals surface area contributed by atoms with E-state index in [1.807, 2.05) is 30.5 Å². The van der Waals surface area contributed by atoms with Crippen LogP contribution >= 0.6 is 0 Å². The summed E-state index contributed by atoms with van der Waals surface area (Å²) in [6.45, 7) is 2.82. The molecular weight excluding hydrogens is 266 g/mol. The lowest BCUT2D eigenvalue weighted by Crippen LogP contribution is -2.04. The summed E-state index contributed by atoms with van der Waals surface area (Å²) in [4.78, 5) is 14.4. The second kappa shape index (κ2) is 5.44. The number of fused-ring (bicyclic) bond motifs is 1. The van der Waals surface area contributed by atoms with E-state index in [9.17, 15) is 9.90 Å². The molecule has 0 amide bonds. The highest BCUT2D eigenvalue weighted by Crippen LogP contribution is 2.29. The van der Waals surface area contributed by atoms with Gasteiger partial charge in [-0.15, -0.1) is 0 Å². The van der Waals surface area contributed by atoms with Crippen LogP contribution in [0.2, 0.25) is 0 Å². The molecule has 1 aromatic carbocycles. The van der Waals surface area contributed by atoms with Crippen molar-refractivity contribution < 1.29 is 9.90 Å². The summed E-state index contributed by atoms with van der Waals surface area (Å²) in [5.41, 5.74) is 2.96. The number of unbranched alkanes of at least 4 members (excludes halogenated alkanes) is 1. The maximum atomic E-state index is 11.2. The molecule has 0 saturated carbocycles. The summed E-state index contributed by atoms with van der Waals surface area (Å²) in [6.07, 6.45) is 3.92. The number of hydrogen-bond donors (Lipinski definition) is 2. The van der Waals surface area contributed by atoms with E-state index in [0.717, 1.165) is 41.5 Å². The molecule has 0 saturated heterocycles. The largest absolute Gasteiger partial charge is 0.476 e. The van der Waals surface area contributed by atoms with Gasteiger partial charge in [-0.05, 0) is 18.6 Å². The molecule has 3 aromatic rings. The fraction of sp³-hybridized carbons (Fsp3) is 0.250. The van der Waals surface area contributed by atoms with E-state index >= 15 is 0 Å². The number of hydrogen-bond acceptors (Lipinski definition) is 2. The summed E-state index contributed by atoms with van der Waals surface area (Å²) in [5.74, 6) is -0.994. The highest BCUT2D eigenvalue weighted by molar-refractivity contribution is 5.96. The molecule has 21 heavy (non-hydrogen) atoms. The third-order valence-corrected chi connectivity index (χ3v) is 3.59. The van der Waals surface area contributed by atoms with E-state index in [1.54, 1.807) is 10.7 Å². The Morgan fingerprint density at radius 3 is 2.95 bits per heavy atom. The Labute approximate surface area is 122 Å². The summed E-state index contributed by atoms with van der Waals surface area (Å²) >= 11 is 0. The molecule has 0 aliphatic carbocycles. The van der Waals surface area contributed by atoms with Crippen LogP contribution in [0.15, 0.2) is 36.5 Å². The molecule has 2 heterocycles. The second-order valence-corrected chi connectivity index (χ2v) is 5.04. The number of aromatic carboxylic acids is 1. The molecule has 2 aromatic heterocycles. The van der Waals surface area contributed by atoms with Crippen molar-refractivity contribution in [3.05, 3.63) is 42.2 Å². The average Bonchev–Trinajstić information content (AvgIpc) is 3.08. The number of rotatable bonds is 5. The van der Waals surface area contributed by atoms with Gasteiger partial charge in [0.2, 0.25) is 0 Å². The van der Waals surface area contributed by atoms with Gasteiger partial charge in [-0.2, -0.15) is 5.10 Å². The molecular formula is C16H17N3O2. The number of carboxylic acids is 1. The Kier molecular flexibility index (Phi) is 3.48. The van der Waals surface area contributed by atoms with E-state index in [-0.39, 0.29) is 5.69 Å². The fourth-order valence-corrected chi connectivity index (χ4v) is 2.50. The minimum Gasteiger partial charge on any atom is -0.476 e. The molecule has 108 valence electrons. The van der Waals surface area contributed by atoms with Crippen molar-refractivity contribution in [1.29, 1.82) is 0 Å². The van der Waals surface area contributed by atoms with Crippen LogP contribution in [0, 0.1) is 0 Å². The molecule has 2 N–H and O–H groups in total. The Bertz CT molecular complexity index is 786. The van der Waals surface area contributed by atoms with Crippen molar-refractivity contribution in [1.82, 2.24) is 14.8 Å². The number of para-hydroxylation sites is 1. The highest BCUT2D eigenvalue weighted by Gasteiger charge is 2.16. The number of nitrogens with zero attached hydrogens (tertiary/aromatic N) is 2. The molecule has 0 atom stereocenters. The van der Waals surface area contributed by atoms with Gasteiger partial charge >= 0.3 is 5.97 Å². The van der Waals surface area contributed by atoms with Gasteiger partial charge in [0.05, 0.1) is 5.69 Å². The maximum absolute atomic E-state index is 11.2. The lowest BCUT2D eigenvalue weighted by molar-refractivity contribution is 0.0689. The van der Waals surface area contributed by atoms with Crippen LogP contribution < -0.4 is 0 Å². The standard InChI is InChI=1S/C16H17N3O2/c1-2-3-8-19-15(9-14(18-19)16(20)21)12-10-17-13-7-5-4-6-11(12)13/h4-7,9-10,17H,2-3,8H2,1H3,(H,20,21). The molecule has 3 rings (SSSR count). The van der Waals surface area contributed by atoms with Crippen LogP contribution in [-0.4, -0.2) is 25.8 Å². The van der Waals surface area contributed by atoms with E-state index in [1.165, 1.54) is 0 Å². The molecule has 0 bridgehead atoms. The lowest BCUT2D eigenvalue weighted by atomic mass is 10.1. The predicted octanol–water partition coefficient (Wildman–Crippen LogP) is 3.53. The molecule has 0 aliphatic rings. The Balaban J connectivity index is 2.13. The first-order valence-corrected chi connectivity index (χ1v) is 7.08. The first kappa shape index (κ1) is 13.4. The third kappa shape index (κ3) is 2.42. The first-order valence-electron chi connectivity index (χ1n) is 7.08. The summed E-state index contributed by atoms with van der Waals surface area (Å²) in [6, 6.07) is 9.63. The van der Waals surface area contributed by atoms with Gasteiger partial charge in [-0.3, -0.25) is 4.68 Å². The molecule has 0 radical (unpaired) electrons. The van der Waals surface area contributed by atoms with Gasteiger partial charge in [-0.25, -0.2) is 4.79 Å². The highest BCUT2D eigenvalue weighted by atomic mass is 16.4. The Hall–Kier alpha value is -2.56. The zero-order chi connectivity index (χ0) is 14.8.